The zero-order valence-electron chi connectivity index (χ0n) is 11.9. The van der Waals surface area contributed by atoms with E-state index in [2.05, 4.69) is 15.0 Å². The number of alkyl halides is 3. The fourth-order valence-corrected chi connectivity index (χ4v) is 1.92. The van der Waals surface area contributed by atoms with Gasteiger partial charge in [0.05, 0.1) is 29.4 Å². The van der Waals surface area contributed by atoms with Crippen molar-refractivity contribution in [3.8, 4) is 11.4 Å². The first-order chi connectivity index (χ1) is 9.73. The molecule has 0 saturated heterocycles. The first-order valence-electron chi connectivity index (χ1n) is 6.31. The Labute approximate surface area is 120 Å². The van der Waals surface area contributed by atoms with Gasteiger partial charge in [-0.25, -0.2) is 4.98 Å². The normalized spacial score (nSPS) is 12.5. The van der Waals surface area contributed by atoms with Gasteiger partial charge >= 0.3 is 6.36 Å². The van der Waals surface area contributed by atoms with E-state index in [0.29, 0.717) is 5.69 Å². The predicted octanol–water partition coefficient (Wildman–Crippen LogP) is 3.23. The van der Waals surface area contributed by atoms with E-state index in [9.17, 15) is 13.2 Å². The topological polar surface area (TPSA) is 39.1 Å². The number of imidazole rings is 1. The fraction of sp³-hybridized carbons (Fsp3) is 0.357. The third-order valence-corrected chi connectivity index (χ3v) is 3.23. The molecule has 1 heterocycles. The Bertz CT molecular complexity index is 620. The van der Waals surface area contributed by atoms with Crippen LogP contribution in [0.3, 0.4) is 0 Å². The van der Waals surface area contributed by atoms with Gasteiger partial charge in [0.15, 0.2) is 0 Å². The number of nitrogens with zero attached hydrogens (tertiary/aromatic N) is 2. The number of rotatable bonds is 4. The summed E-state index contributed by atoms with van der Waals surface area (Å²) in [6, 6.07) is 5.79. The average molecular weight is 299 g/mol. The van der Waals surface area contributed by atoms with Gasteiger partial charge in [-0.2, -0.15) is 0 Å². The molecular weight excluding hydrogens is 283 g/mol. The molecule has 0 bridgehead atoms. The minimum absolute atomic E-state index is 0.262. The number of hydrogen-bond donors (Lipinski definition) is 1. The van der Waals surface area contributed by atoms with E-state index in [1.807, 2.05) is 13.8 Å². The molecule has 0 spiro atoms. The lowest BCUT2D eigenvalue weighted by molar-refractivity contribution is -0.274. The number of halogens is 3. The van der Waals surface area contributed by atoms with Crippen molar-refractivity contribution in [2.75, 3.05) is 7.05 Å². The van der Waals surface area contributed by atoms with Gasteiger partial charge in [-0.1, -0.05) is 6.07 Å². The largest absolute Gasteiger partial charge is 0.573 e. The summed E-state index contributed by atoms with van der Waals surface area (Å²) in [4.78, 5) is 4.08. The number of hydrogen-bond acceptors (Lipinski definition) is 3. The Morgan fingerprint density at radius 1 is 1.24 bits per heavy atom. The average Bonchev–Trinajstić information content (AvgIpc) is 2.87. The van der Waals surface area contributed by atoms with E-state index in [1.54, 1.807) is 30.2 Å². The van der Waals surface area contributed by atoms with Crippen molar-refractivity contribution >= 4 is 0 Å². The molecule has 0 aliphatic heterocycles. The van der Waals surface area contributed by atoms with Crippen molar-refractivity contribution in [3.05, 3.63) is 42.5 Å². The van der Waals surface area contributed by atoms with Gasteiger partial charge in [0.1, 0.15) is 5.75 Å². The second kappa shape index (κ2) is 5.40. The van der Waals surface area contributed by atoms with Crippen molar-refractivity contribution in [1.29, 1.82) is 0 Å². The molecule has 21 heavy (non-hydrogen) atoms. The van der Waals surface area contributed by atoms with Crippen LogP contribution in [0.1, 0.15) is 19.5 Å². The molecule has 114 valence electrons. The summed E-state index contributed by atoms with van der Waals surface area (Å²) in [6.45, 7) is 3.91. The van der Waals surface area contributed by atoms with E-state index < -0.39 is 6.36 Å². The van der Waals surface area contributed by atoms with Crippen LogP contribution in [0.2, 0.25) is 0 Å². The Kier molecular flexibility index (Phi) is 3.95. The molecule has 7 heteroatoms. The summed E-state index contributed by atoms with van der Waals surface area (Å²) in [5.41, 5.74) is 0.999. The maximum absolute atomic E-state index is 12.3. The van der Waals surface area contributed by atoms with Gasteiger partial charge in [0.25, 0.3) is 0 Å². The maximum atomic E-state index is 12.3. The second-order valence-electron chi connectivity index (χ2n) is 5.07. The number of benzene rings is 1. The van der Waals surface area contributed by atoms with Crippen molar-refractivity contribution in [2.45, 2.75) is 25.7 Å². The van der Waals surface area contributed by atoms with Crippen LogP contribution in [0, 0.1) is 0 Å². The standard InChI is InChI=1S/C14H16F3N3O/c1-13(2,18-3)12-8-19-9-20(12)10-5-4-6-11(7-10)21-14(15,16)17/h4-9,18H,1-3H3. The minimum Gasteiger partial charge on any atom is -0.406 e. The molecule has 0 aliphatic rings. The number of nitrogens with one attached hydrogen (secondary N) is 1. The van der Waals surface area contributed by atoms with E-state index in [1.165, 1.54) is 18.2 Å². The van der Waals surface area contributed by atoms with Crippen molar-refractivity contribution in [3.63, 3.8) is 0 Å². The molecule has 0 unspecified atom stereocenters. The van der Waals surface area contributed by atoms with Crippen LogP contribution in [-0.2, 0) is 5.54 Å². The first-order valence-corrected chi connectivity index (χ1v) is 6.31. The van der Waals surface area contributed by atoms with Gasteiger partial charge in [0, 0.05) is 6.07 Å². The Morgan fingerprint density at radius 3 is 2.57 bits per heavy atom. The summed E-state index contributed by atoms with van der Waals surface area (Å²) >= 11 is 0. The molecule has 4 nitrogen and oxygen atoms in total. The third kappa shape index (κ3) is 3.55. The molecule has 0 fully saturated rings. The summed E-state index contributed by atoms with van der Waals surface area (Å²) in [6.07, 6.45) is -1.48. The van der Waals surface area contributed by atoms with E-state index in [4.69, 9.17) is 0 Å². The second-order valence-corrected chi connectivity index (χ2v) is 5.07. The molecular formula is C14H16F3N3O. The molecule has 0 atom stereocenters. The summed E-state index contributed by atoms with van der Waals surface area (Å²) in [7, 11) is 1.81. The summed E-state index contributed by atoms with van der Waals surface area (Å²) in [5.74, 6) is -0.262. The summed E-state index contributed by atoms with van der Waals surface area (Å²) in [5, 5.41) is 3.13. The van der Waals surface area contributed by atoms with Gasteiger partial charge in [-0.05, 0) is 33.0 Å². The molecule has 1 aromatic carbocycles. The monoisotopic (exact) mass is 299 g/mol. The van der Waals surface area contributed by atoms with Gasteiger partial charge in [-0.15, -0.1) is 13.2 Å². The molecule has 0 saturated carbocycles. The van der Waals surface area contributed by atoms with Gasteiger partial charge in [0.2, 0.25) is 0 Å². The molecule has 0 aliphatic carbocycles. The Hall–Kier alpha value is -2.02. The molecule has 0 radical (unpaired) electrons. The van der Waals surface area contributed by atoms with Crippen molar-refractivity contribution in [1.82, 2.24) is 14.9 Å². The highest BCUT2D eigenvalue weighted by atomic mass is 19.4. The quantitative estimate of drug-likeness (QED) is 0.942. The molecule has 2 rings (SSSR count). The molecule has 0 amide bonds. The van der Waals surface area contributed by atoms with Crippen LogP contribution < -0.4 is 10.1 Å². The molecule has 2 aromatic rings. The number of aromatic nitrogens is 2. The summed E-state index contributed by atoms with van der Waals surface area (Å²) < 4.78 is 42.5. The lowest BCUT2D eigenvalue weighted by Crippen LogP contribution is -2.35. The molecule has 1 N–H and O–H groups in total. The predicted molar refractivity (Wildman–Crippen MR) is 72.3 cm³/mol. The first kappa shape index (κ1) is 15.4. The smallest absolute Gasteiger partial charge is 0.406 e. The van der Waals surface area contributed by atoms with Crippen LogP contribution in [0.15, 0.2) is 36.8 Å². The lowest BCUT2D eigenvalue weighted by atomic mass is 10.0. The van der Waals surface area contributed by atoms with Crippen LogP contribution in [0.25, 0.3) is 5.69 Å². The maximum Gasteiger partial charge on any atom is 0.573 e. The number of ether oxygens (including phenoxy) is 1. The lowest BCUT2D eigenvalue weighted by Gasteiger charge is -2.25. The highest BCUT2D eigenvalue weighted by molar-refractivity contribution is 5.41. The fourth-order valence-electron chi connectivity index (χ4n) is 1.92. The van der Waals surface area contributed by atoms with Gasteiger partial charge in [-0.3, -0.25) is 0 Å². The Morgan fingerprint density at radius 2 is 1.95 bits per heavy atom. The zero-order valence-corrected chi connectivity index (χ0v) is 11.9. The van der Waals surface area contributed by atoms with Crippen LogP contribution >= 0.6 is 0 Å². The third-order valence-electron chi connectivity index (χ3n) is 3.23. The van der Waals surface area contributed by atoms with E-state index in [0.717, 1.165) is 5.69 Å². The van der Waals surface area contributed by atoms with Crippen molar-refractivity contribution in [2.24, 2.45) is 0 Å². The highest BCUT2D eigenvalue weighted by Gasteiger charge is 2.31. The van der Waals surface area contributed by atoms with E-state index in [-0.39, 0.29) is 11.3 Å². The SMILES string of the molecule is CNC(C)(C)c1cncn1-c1cccc(OC(F)(F)F)c1. The van der Waals surface area contributed by atoms with Crippen molar-refractivity contribution < 1.29 is 17.9 Å². The van der Waals surface area contributed by atoms with E-state index >= 15 is 0 Å². The molecule has 1 aromatic heterocycles. The minimum atomic E-state index is -4.71. The Balaban J connectivity index is 2.40. The van der Waals surface area contributed by atoms with Gasteiger partial charge < -0.3 is 14.6 Å². The van der Waals surface area contributed by atoms with Crippen LogP contribution in [0.5, 0.6) is 5.75 Å². The van der Waals surface area contributed by atoms with Crippen LogP contribution in [-0.4, -0.2) is 23.0 Å². The highest BCUT2D eigenvalue weighted by Crippen LogP contribution is 2.27. The zero-order chi connectivity index (χ0) is 15.7. The van der Waals surface area contributed by atoms with Crippen LogP contribution in [0.4, 0.5) is 13.2 Å².